The van der Waals surface area contributed by atoms with Crippen LogP contribution in [0.4, 0.5) is 10.5 Å². The molecule has 0 bridgehead atoms. The van der Waals surface area contributed by atoms with E-state index in [-0.39, 0.29) is 11.9 Å². The number of methoxy groups -OCH3 is 1. The number of benzene rings is 3. The number of anilines is 1. The zero-order chi connectivity index (χ0) is 20.4. The van der Waals surface area contributed by atoms with Gasteiger partial charge >= 0.3 is 6.03 Å². The summed E-state index contributed by atoms with van der Waals surface area (Å²) in [4.78, 5) is 25.4. The van der Waals surface area contributed by atoms with Crippen LogP contribution in [0.5, 0.6) is 5.75 Å². The SMILES string of the molecule is COc1ccc(NC(=O)C2=C(C)NC(=O)NC2c2cccc3ccccc23)cc1. The zero-order valence-corrected chi connectivity index (χ0v) is 16.2. The molecular formula is C23H21N3O3. The fraction of sp³-hybridized carbons (Fsp3) is 0.130. The van der Waals surface area contributed by atoms with Crippen LogP contribution in [0.3, 0.4) is 0 Å². The van der Waals surface area contributed by atoms with Gasteiger partial charge in [-0.05, 0) is 47.5 Å². The third kappa shape index (κ3) is 3.65. The Morgan fingerprint density at radius 2 is 1.72 bits per heavy atom. The van der Waals surface area contributed by atoms with Gasteiger partial charge in [0.2, 0.25) is 0 Å². The average Bonchev–Trinajstić information content (AvgIpc) is 2.73. The van der Waals surface area contributed by atoms with E-state index in [2.05, 4.69) is 16.0 Å². The van der Waals surface area contributed by atoms with Crippen LogP contribution in [0.2, 0.25) is 0 Å². The number of hydrogen-bond donors (Lipinski definition) is 3. The second kappa shape index (κ2) is 7.67. The molecule has 29 heavy (non-hydrogen) atoms. The van der Waals surface area contributed by atoms with Crippen LogP contribution in [-0.4, -0.2) is 19.0 Å². The maximum Gasteiger partial charge on any atom is 0.319 e. The zero-order valence-electron chi connectivity index (χ0n) is 16.2. The first kappa shape index (κ1) is 18.6. The second-order valence-electron chi connectivity index (χ2n) is 6.82. The molecule has 1 heterocycles. The van der Waals surface area contributed by atoms with E-state index in [1.54, 1.807) is 38.3 Å². The quantitative estimate of drug-likeness (QED) is 0.630. The van der Waals surface area contributed by atoms with E-state index in [9.17, 15) is 9.59 Å². The monoisotopic (exact) mass is 387 g/mol. The molecular weight excluding hydrogens is 366 g/mol. The van der Waals surface area contributed by atoms with Gasteiger partial charge in [-0.1, -0.05) is 42.5 Å². The third-order valence-corrected chi connectivity index (χ3v) is 5.00. The van der Waals surface area contributed by atoms with E-state index in [0.29, 0.717) is 22.7 Å². The molecule has 3 aromatic rings. The Hall–Kier alpha value is -3.80. The molecule has 0 radical (unpaired) electrons. The van der Waals surface area contributed by atoms with Gasteiger partial charge in [0.15, 0.2) is 0 Å². The standard InChI is InChI=1S/C23H21N3O3/c1-14-20(22(27)25-16-10-12-17(29-2)13-11-16)21(26-23(28)24-14)19-9-5-7-15-6-3-4-8-18(15)19/h3-13,21H,1-2H3,(H,25,27)(H2,24,26,28). The van der Waals surface area contributed by atoms with Crippen molar-refractivity contribution in [1.82, 2.24) is 10.6 Å². The van der Waals surface area contributed by atoms with Crippen molar-refractivity contribution in [1.29, 1.82) is 0 Å². The topological polar surface area (TPSA) is 79.5 Å². The Labute approximate surface area is 168 Å². The number of fused-ring (bicyclic) bond motifs is 1. The highest BCUT2D eigenvalue weighted by atomic mass is 16.5. The van der Waals surface area contributed by atoms with E-state index in [1.807, 2.05) is 42.5 Å². The molecule has 0 aliphatic carbocycles. The van der Waals surface area contributed by atoms with Gasteiger partial charge in [0, 0.05) is 11.4 Å². The van der Waals surface area contributed by atoms with Crippen LogP contribution >= 0.6 is 0 Å². The van der Waals surface area contributed by atoms with Crippen molar-refractivity contribution in [3.05, 3.63) is 83.6 Å². The minimum Gasteiger partial charge on any atom is -0.497 e. The Morgan fingerprint density at radius 3 is 2.48 bits per heavy atom. The lowest BCUT2D eigenvalue weighted by Crippen LogP contribution is -2.46. The molecule has 1 unspecified atom stereocenters. The van der Waals surface area contributed by atoms with E-state index < -0.39 is 6.04 Å². The molecule has 3 aromatic carbocycles. The summed E-state index contributed by atoms with van der Waals surface area (Å²) >= 11 is 0. The van der Waals surface area contributed by atoms with Crippen LogP contribution in [0.15, 0.2) is 78.0 Å². The summed E-state index contributed by atoms with van der Waals surface area (Å²) in [5.41, 5.74) is 2.51. The number of rotatable bonds is 4. The number of allylic oxidation sites excluding steroid dienone is 1. The van der Waals surface area contributed by atoms with Crippen LogP contribution in [0, 0.1) is 0 Å². The lowest BCUT2D eigenvalue weighted by Gasteiger charge is -2.29. The van der Waals surface area contributed by atoms with E-state index in [0.717, 1.165) is 16.3 Å². The number of nitrogens with one attached hydrogen (secondary N) is 3. The fourth-order valence-electron chi connectivity index (χ4n) is 3.60. The summed E-state index contributed by atoms with van der Waals surface area (Å²) in [5.74, 6) is 0.428. The van der Waals surface area contributed by atoms with Crippen LogP contribution < -0.4 is 20.7 Å². The van der Waals surface area contributed by atoms with E-state index >= 15 is 0 Å². The largest absolute Gasteiger partial charge is 0.497 e. The lowest BCUT2D eigenvalue weighted by molar-refractivity contribution is -0.113. The normalized spacial score (nSPS) is 16.2. The van der Waals surface area contributed by atoms with Crippen molar-refractivity contribution in [2.24, 2.45) is 0 Å². The van der Waals surface area contributed by atoms with Gasteiger partial charge in [-0.2, -0.15) is 0 Å². The molecule has 3 N–H and O–H groups in total. The van der Waals surface area contributed by atoms with Gasteiger partial charge < -0.3 is 20.7 Å². The highest BCUT2D eigenvalue weighted by Crippen LogP contribution is 2.32. The summed E-state index contributed by atoms with van der Waals surface area (Å²) in [6.45, 7) is 1.74. The molecule has 0 aromatic heterocycles. The summed E-state index contributed by atoms with van der Waals surface area (Å²) in [6.07, 6.45) is 0. The van der Waals surface area contributed by atoms with Gasteiger partial charge in [-0.15, -0.1) is 0 Å². The molecule has 6 heteroatoms. The maximum atomic E-state index is 13.2. The van der Waals surface area contributed by atoms with Crippen molar-refractivity contribution in [3.8, 4) is 5.75 Å². The van der Waals surface area contributed by atoms with Gasteiger partial charge in [0.25, 0.3) is 5.91 Å². The Kier molecular flexibility index (Phi) is 4.91. The Morgan fingerprint density at radius 1 is 1.00 bits per heavy atom. The van der Waals surface area contributed by atoms with Crippen molar-refractivity contribution >= 4 is 28.4 Å². The van der Waals surface area contributed by atoms with Crippen molar-refractivity contribution in [2.75, 3.05) is 12.4 Å². The van der Waals surface area contributed by atoms with Crippen LogP contribution in [0.25, 0.3) is 10.8 Å². The Bertz CT molecular complexity index is 1110. The third-order valence-electron chi connectivity index (χ3n) is 5.00. The van der Waals surface area contributed by atoms with E-state index in [4.69, 9.17) is 4.74 Å². The Balaban J connectivity index is 1.73. The van der Waals surface area contributed by atoms with E-state index in [1.165, 1.54) is 0 Å². The minimum absolute atomic E-state index is 0.280. The molecule has 1 atom stereocenters. The number of amides is 3. The molecule has 1 aliphatic heterocycles. The average molecular weight is 387 g/mol. The van der Waals surface area contributed by atoms with Crippen molar-refractivity contribution < 1.29 is 14.3 Å². The van der Waals surface area contributed by atoms with Crippen molar-refractivity contribution in [3.63, 3.8) is 0 Å². The van der Waals surface area contributed by atoms with Gasteiger partial charge in [-0.3, -0.25) is 4.79 Å². The number of carbonyl (C=O) groups excluding carboxylic acids is 2. The first-order valence-electron chi connectivity index (χ1n) is 9.28. The number of urea groups is 1. The van der Waals surface area contributed by atoms with Crippen LogP contribution in [-0.2, 0) is 4.79 Å². The maximum absolute atomic E-state index is 13.2. The molecule has 1 aliphatic rings. The molecule has 4 rings (SSSR count). The lowest BCUT2D eigenvalue weighted by atomic mass is 9.91. The summed E-state index contributed by atoms with van der Waals surface area (Å²) in [6, 6.07) is 20.0. The fourth-order valence-corrected chi connectivity index (χ4v) is 3.60. The highest BCUT2D eigenvalue weighted by Gasteiger charge is 2.32. The minimum atomic E-state index is -0.562. The summed E-state index contributed by atoms with van der Waals surface area (Å²) in [5, 5.41) is 10.6. The molecule has 0 saturated carbocycles. The molecule has 0 spiro atoms. The molecule has 0 saturated heterocycles. The molecule has 0 fully saturated rings. The first-order chi connectivity index (χ1) is 14.1. The predicted octanol–water partition coefficient (Wildman–Crippen LogP) is 4.12. The number of carbonyl (C=O) groups is 2. The second-order valence-corrected chi connectivity index (χ2v) is 6.82. The number of ether oxygens (including phenoxy) is 1. The molecule has 146 valence electrons. The highest BCUT2D eigenvalue weighted by molar-refractivity contribution is 6.07. The number of hydrogen-bond acceptors (Lipinski definition) is 3. The van der Waals surface area contributed by atoms with Crippen molar-refractivity contribution in [2.45, 2.75) is 13.0 Å². The summed E-state index contributed by atoms with van der Waals surface area (Å²) in [7, 11) is 1.59. The smallest absolute Gasteiger partial charge is 0.319 e. The molecule has 3 amide bonds. The van der Waals surface area contributed by atoms with Crippen LogP contribution in [0.1, 0.15) is 18.5 Å². The van der Waals surface area contributed by atoms with Gasteiger partial charge in [0.05, 0.1) is 18.7 Å². The predicted molar refractivity (Wildman–Crippen MR) is 113 cm³/mol. The van der Waals surface area contributed by atoms with Gasteiger partial charge in [-0.25, -0.2) is 4.79 Å². The molecule has 6 nitrogen and oxygen atoms in total. The summed E-state index contributed by atoms with van der Waals surface area (Å²) < 4.78 is 5.16. The van der Waals surface area contributed by atoms with Gasteiger partial charge in [0.1, 0.15) is 5.75 Å². The first-order valence-corrected chi connectivity index (χ1v) is 9.28.